The molecule has 1 amide bonds. The van der Waals surface area contributed by atoms with Crippen molar-refractivity contribution in [3.63, 3.8) is 0 Å². The van der Waals surface area contributed by atoms with Crippen LogP contribution in [-0.4, -0.2) is 44.1 Å². The van der Waals surface area contributed by atoms with Crippen LogP contribution in [-0.2, 0) is 4.79 Å². The molecule has 0 aliphatic carbocycles. The van der Waals surface area contributed by atoms with E-state index in [1.807, 2.05) is 0 Å². The summed E-state index contributed by atoms with van der Waals surface area (Å²) in [6.07, 6.45) is 9.09. The summed E-state index contributed by atoms with van der Waals surface area (Å²) in [6, 6.07) is 0. The van der Waals surface area contributed by atoms with Gasteiger partial charge in [-0.15, -0.1) is 0 Å². The zero-order chi connectivity index (χ0) is 15.2. The van der Waals surface area contributed by atoms with Crippen molar-refractivity contribution in [3.05, 3.63) is 0 Å². The second-order valence-electron chi connectivity index (χ2n) is 7.55. The third-order valence-electron chi connectivity index (χ3n) is 4.08. The van der Waals surface area contributed by atoms with Crippen LogP contribution in [0, 0.1) is 0 Å². The lowest BCUT2D eigenvalue weighted by Crippen LogP contribution is -2.46. The minimum Gasteiger partial charge on any atom is -0.273 e. The monoisotopic (exact) mass is 295 g/mol. The van der Waals surface area contributed by atoms with Crippen molar-refractivity contribution in [2.24, 2.45) is 0 Å². The first-order valence-corrected chi connectivity index (χ1v) is 11.1. The van der Waals surface area contributed by atoms with Crippen LogP contribution < -0.4 is 0 Å². The van der Waals surface area contributed by atoms with E-state index in [2.05, 4.69) is 70.3 Å². The smallest absolute Gasteiger partial charge is 0.236 e. The molecule has 0 N–H and O–H groups in total. The van der Waals surface area contributed by atoms with Gasteiger partial charge in [0.25, 0.3) is 0 Å². The highest BCUT2D eigenvalue weighted by atomic mass is 32.3. The van der Waals surface area contributed by atoms with E-state index in [1.54, 1.807) is 6.92 Å². The van der Waals surface area contributed by atoms with Gasteiger partial charge in [0.05, 0.1) is 0 Å². The summed E-state index contributed by atoms with van der Waals surface area (Å²) in [5, 5.41) is 0. The molecule has 0 heterocycles. The molecule has 0 aliphatic rings. The number of carbonyl (C=O) groups excluding carboxylic acids is 1. The molecule has 0 radical (unpaired) electrons. The molecule has 0 spiro atoms. The van der Waals surface area contributed by atoms with Gasteiger partial charge in [-0.1, -0.05) is 41.5 Å². The van der Waals surface area contributed by atoms with E-state index in [4.69, 9.17) is 0 Å². The molecular weight excluding hydrogens is 262 g/mol. The predicted octanol–water partition coefficient (Wildman–Crippen LogP) is 4.39. The lowest BCUT2D eigenvalue weighted by molar-refractivity contribution is -0.120. The van der Waals surface area contributed by atoms with Gasteiger partial charge in [0.15, 0.2) is 0 Å². The standard InChI is InChI=1S/C14H33NOS2/c1-12(16)15(17(8,9)13(2,3)4)18(10,11)14(5,6)7/h1-11H3. The minimum atomic E-state index is -1.16. The molecule has 18 heavy (non-hydrogen) atoms. The molecule has 0 aromatic rings. The Balaban J connectivity index is 5.85. The Bertz CT molecular complexity index is 296. The van der Waals surface area contributed by atoms with E-state index in [-0.39, 0.29) is 15.4 Å². The first kappa shape index (κ1) is 18.2. The molecule has 0 atom stereocenters. The maximum atomic E-state index is 12.3. The summed E-state index contributed by atoms with van der Waals surface area (Å²) in [5.41, 5.74) is 0. The van der Waals surface area contributed by atoms with Crippen molar-refractivity contribution in [1.29, 1.82) is 0 Å². The third-order valence-corrected chi connectivity index (χ3v) is 14.5. The highest BCUT2D eigenvalue weighted by molar-refractivity contribution is 8.45. The van der Waals surface area contributed by atoms with Crippen LogP contribution in [0.25, 0.3) is 0 Å². The Morgan fingerprint density at radius 3 is 1.11 bits per heavy atom. The molecule has 2 nitrogen and oxygen atoms in total. The number of amides is 1. The number of nitrogens with zero attached hydrogens (tertiary/aromatic N) is 1. The molecule has 0 bridgehead atoms. The second-order valence-corrected chi connectivity index (χ2v) is 16.0. The van der Waals surface area contributed by atoms with E-state index in [9.17, 15) is 4.79 Å². The molecule has 0 rings (SSSR count). The van der Waals surface area contributed by atoms with E-state index < -0.39 is 20.4 Å². The third kappa shape index (κ3) is 3.19. The Hall–Kier alpha value is 0.170. The molecule has 0 saturated carbocycles. The van der Waals surface area contributed by atoms with E-state index in [1.165, 1.54) is 0 Å². The lowest BCUT2D eigenvalue weighted by atomic mass is 10.3. The summed E-state index contributed by atoms with van der Waals surface area (Å²) >= 11 is 0. The minimum absolute atomic E-state index is 0.133. The van der Waals surface area contributed by atoms with Crippen LogP contribution in [0.4, 0.5) is 0 Å². The first-order valence-electron chi connectivity index (χ1n) is 6.33. The van der Waals surface area contributed by atoms with Gasteiger partial charge < -0.3 is 0 Å². The van der Waals surface area contributed by atoms with Gasteiger partial charge in [0.1, 0.15) is 0 Å². The summed E-state index contributed by atoms with van der Waals surface area (Å²) < 4.78 is 2.50. The van der Waals surface area contributed by atoms with Crippen molar-refractivity contribution >= 4 is 26.3 Å². The molecule has 0 fully saturated rings. The fraction of sp³-hybridized carbons (Fsp3) is 0.929. The maximum Gasteiger partial charge on any atom is 0.236 e. The number of hydrogen-bond donors (Lipinski definition) is 0. The van der Waals surface area contributed by atoms with Gasteiger partial charge in [-0.2, -0.15) is 20.4 Å². The van der Waals surface area contributed by atoms with Gasteiger partial charge in [0, 0.05) is 16.4 Å². The fourth-order valence-corrected chi connectivity index (χ4v) is 8.95. The Morgan fingerprint density at radius 1 is 0.778 bits per heavy atom. The Morgan fingerprint density at radius 2 is 1.00 bits per heavy atom. The van der Waals surface area contributed by atoms with Gasteiger partial charge in [-0.05, 0) is 25.0 Å². The van der Waals surface area contributed by atoms with E-state index in [0.717, 1.165) is 0 Å². The molecule has 0 saturated heterocycles. The van der Waals surface area contributed by atoms with Crippen LogP contribution in [0.5, 0.6) is 0 Å². The van der Waals surface area contributed by atoms with Gasteiger partial charge in [-0.3, -0.25) is 8.51 Å². The molecule has 4 heteroatoms. The van der Waals surface area contributed by atoms with Crippen LogP contribution in [0.15, 0.2) is 0 Å². The van der Waals surface area contributed by atoms with Crippen molar-refractivity contribution in [3.8, 4) is 0 Å². The largest absolute Gasteiger partial charge is 0.273 e. The summed E-state index contributed by atoms with van der Waals surface area (Å²) in [7, 11) is -2.32. The number of hydrogen-bond acceptors (Lipinski definition) is 1. The molecule has 112 valence electrons. The normalized spacial score (nSPS) is 16.4. The van der Waals surface area contributed by atoms with Gasteiger partial charge >= 0.3 is 0 Å². The fourth-order valence-electron chi connectivity index (χ4n) is 1.61. The first-order chi connectivity index (χ1) is 7.57. The van der Waals surface area contributed by atoms with Gasteiger partial charge in [0.2, 0.25) is 5.91 Å². The Labute approximate surface area is 118 Å². The number of carbonyl (C=O) groups is 1. The number of rotatable bonds is 2. The quantitative estimate of drug-likeness (QED) is 0.740. The van der Waals surface area contributed by atoms with Crippen molar-refractivity contribution in [1.82, 2.24) is 3.71 Å². The van der Waals surface area contributed by atoms with Crippen LogP contribution in [0.3, 0.4) is 0 Å². The molecule has 0 aromatic heterocycles. The SMILES string of the molecule is CC(=O)N(S(C)(C)C(C)(C)C)S(C)(C)C(C)(C)C. The molecule has 0 unspecified atom stereocenters. The average molecular weight is 296 g/mol. The topological polar surface area (TPSA) is 20.3 Å². The highest BCUT2D eigenvalue weighted by Gasteiger charge is 2.45. The van der Waals surface area contributed by atoms with Crippen LogP contribution in [0.1, 0.15) is 48.5 Å². The molecule has 0 aromatic carbocycles. The lowest BCUT2D eigenvalue weighted by Gasteiger charge is -2.63. The van der Waals surface area contributed by atoms with Crippen molar-refractivity contribution in [2.75, 3.05) is 25.0 Å². The van der Waals surface area contributed by atoms with Crippen molar-refractivity contribution < 1.29 is 4.79 Å². The summed E-state index contributed by atoms with van der Waals surface area (Å²) in [6.45, 7) is 15.2. The molecular formula is C14H33NOS2. The van der Waals surface area contributed by atoms with E-state index >= 15 is 0 Å². The average Bonchev–Trinajstić information content (AvgIpc) is 1.96. The van der Waals surface area contributed by atoms with Crippen LogP contribution in [0.2, 0.25) is 0 Å². The summed E-state index contributed by atoms with van der Waals surface area (Å²) in [4.78, 5) is 12.3. The zero-order valence-electron chi connectivity index (χ0n) is 14.2. The predicted molar refractivity (Wildman–Crippen MR) is 90.9 cm³/mol. The summed E-state index contributed by atoms with van der Waals surface area (Å²) in [5.74, 6) is 0.222. The maximum absolute atomic E-state index is 12.3. The Kier molecular flexibility index (Phi) is 4.98. The van der Waals surface area contributed by atoms with Crippen molar-refractivity contribution in [2.45, 2.75) is 58.0 Å². The highest BCUT2D eigenvalue weighted by Crippen LogP contribution is 2.70. The second kappa shape index (κ2) is 4.93. The van der Waals surface area contributed by atoms with E-state index in [0.29, 0.717) is 0 Å². The van der Waals surface area contributed by atoms with Crippen LogP contribution >= 0.6 is 20.4 Å². The molecule has 0 aliphatic heterocycles. The zero-order valence-corrected chi connectivity index (χ0v) is 15.8. The van der Waals surface area contributed by atoms with Gasteiger partial charge in [-0.25, -0.2) is 0 Å².